The SMILES string of the molecule is COc1cccc(CNC(=O)c2cnc3sc(N4CCCCCC4)nn3c2=O)c1OC. The number of benzene rings is 1. The van der Waals surface area contributed by atoms with E-state index in [1.165, 1.54) is 42.0 Å². The zero-order chi connectivity index (χ0) is 21.8. The first-order valence-electron chi connectivity index (χ1n) is 10.2. The number of nitrogens with zero attached hydrogens (tertiary/aromatic N) is 4. The molecule has 31 heavy (non-hydrogen) atoms. The van der Waals surface area contributed by atoms with Gasteiger partial charge in [-0.2, -0.15) is 4.52 Å². The zero-order valence-electron chi connectivity index (χ0n) is 17.6. The maximum Gasteiger partial charge on any atom is 0.288 e. The second kappa shape index (κ2) is 9.34. The Labute approximate surface area is 183 Å². The van der Waals surface area contributed by atoms with Gasteiger partial charge in [0, 0.05) is 31.4 Å². The van der Waals surface area contributed by atoms with E-state index in [0.29, 0.717) is 16.5 Å². The monoisotopic (exact) mass is 443 g/mol. The van der Waals surface area contributed by atoms with Crippen LogP contribution in [0.5, 0.6) is 11.5 Å². The average molecular weight is 444 g/mol. The fourth-order valence-electron chi connectivity index (χ4n) is 3.69. The lowest BCUT2D eigenvalue weighted by molar-refractivity contribution is 0.0948. The Morgan fingerprint density at radius 1 is 1.16 bits per heavy atom. The van der Waals surface area contributed by atoms with Crippen LogP contribution in [0, 0.1) is 0 Å². The first-order chi connectivity index (χ1) is 15.1. The molecule has 1 aliphatic rings. The van der Waals surface area contributed by atoms with Crippen LogP contribution in [0.1, 0.15) is 41.6 Å². The molecule has 1 saturated heterocycles. The highest BCUT2D eigenvalue weighted by molar-refractivity contribution is 7.20. The third-order valence-corrected chi connectivity index (χ3v) is 6.30. The summed E-state index contributed by atoms with van der Waals surface area (Å²) in [7, 11) is 3.09. The molecule has 1 fully saturated rings. The summed E-state index contributed by atoms with van der Waals surface area (Å²) in [6.45, 7) is 2.02. The number of carbonyl (C=O) groups is 1. The molecule has 0 bridgehead atoms. The fraction of sp³-hybridized carbons (Fsp3) is 0.429. The number of amides is 1. The van der Waals surface area contributed by atoms with Gasteiger partial charge in [-0.25, -0.2) is 4.98 Å². The molecule has 10 heteroatoms. The lowest BCUT2D eigenvalue weighted by atomic mass is 10.1. The molecule has 0 atom stereocenters. The summed E-state index contributed by atoms with van der Waals surface area (Å²) >= 11 is 1.37. The quantitative estimate of drug-likeness (QED) is 0.625. The highest BCUT2D eigenvalue weighted by Crippen LogP contribution is 2.30. The lowest BCUT2D eigenvalue weighted by Gasteiger charge is -2.17. The van der Waals surface area contributed by atoms with Crippen molar-refractivity contribution >= 4 is 27.3 Å². The average Bonchev–Trinajstić information content (AvgIpc) is 3.04. The predicted octanol–water partition coefficient (Wildman–Crippen LogP) is 2.48. The number of aromatic nitrogens is 3. The van der Waals surface area contributed by atoms with Gasteiger partial charge in [0.2, 0.25) is 10.1 Å². The number of methoxy groups -OCH3 is 2. The molecule has 1 aromatic carbocycles. The van der Waals surface area contributed by atoms with Gasteiger partial charge < -0.3 is 19.7 Å². The Kier molecular flexibility index (Phi) is 6.36. The molecule has 0 unspecified atom stereocenters. The van der Waals surface area contributed by atoms with Crippen molar-refractivity contribution in [3.63, 3.8) is 0 Å². The maximum atomic E-state index is 12.9. The van der Waals surface area contributed by atoms with E-state index in [-0.39, 0.29) is 12.1 Å². The Bertz CT molecular complexity index is 1130. The molecule has 9 nitrogen and oxygen atoms in total. The number of ether oxygens (including phenoxy) is 2. The number of anilines is 1. The van der Waals surface area contributed by atoms with Crippen molar-refractivity contribution in [1.29, 1.82) is 0 Å². The van der Waals surface area contributed by atoms with E-state index >= 15 is 0 Å². The highest BCUT2D eigenvalue weighted by atomic mass is 32.1. The Morgan fingerprint density at radius 2 is 1.94 bits per heavy atom. The molecule has 1 aliphatic heterocycles. The van der Waals surface area contributed by atoms with E-state index in [0.717, 1.165) is 36.6 Å². The van der Waals surface area contributed by atoms with Gasteiger partial charge >= 0.3 is 0 Å². The van der Waals surface area contributed by atoms with Crippen molar-refractivity contribution in [2.45, 2.75) is 32.2 Å². The molecule has 2 aromatic heterocycles. The third kappa shape index (κ3) is 4.34. The van der Waals surface area contributed by atoms with Crippen LogP contribution in [0.15, 0.2) is 29.2 Å². The smallest absolute Gasteiger partial charge is 0.288 e. The molecule has 0 saturated carbocycles. The minimum Gasteiger partial charge on any atom is -0.493 e. The largest absolute Gasteiger partial charge is 0.493 e. The zero-order valence-corrected chi connectivity index (χ0v) is 18.4. The van der Waals surface area contributed by atoms with Crippen molar-refractivity contribution < 1.29 is 14.3 Å². The molecular formula is C21H25N5O4S. The first-order valence-corrected chi connectivity index (χ1v) is 11.1. The summed E-state index contributed by atoms with van der Waals surface area (Å²) in [5.74, 6) is 0.596. The van der Waals surface area contributed by atoms with Gasteiger partial charge in [0.1, 0.15) is 5.56 Å². The minimum absolute atomic E-state index is 0.0490. The fourth-order valence-corrected chi connectivity index (χ4v) is 4.60. The molecule has 1 amide bonds. The second-order valence-corrected chi connectivity index (χ2v) is 8.23. The molecule has 3 heterocycles. The van der Waals surface area contributed by atoms with Crippen LogP contribution < -0.4 is 25.2 Å². The summed E-state index contributed by atoms with van der Waals surface area (Å²) in [6.07, 6.45) is 5.96. The van der Waals surface area contributed by atoms with Gasteiger partial charge in [0.15, 0.2) is 11.5 Å². The summed E-state index contributed by atoms with van der Waals surface area (Å²) in [4.78, 5) is 32.6. The molecule has 0 radical (unpaired) electrons. The molecule has 1 N–H and O–H groups in total. The minimum atomic E-state index is -0.513. The summed E-state index contributed by atoms with van der Waals surface area (Å²) < 4.78 is 11.9. The number of rotatable bonds is 6. The van der Waals surface area contributed by atoms with Crippen molar-refractivity contribution in [2.75, 3.05) is 32.2 Å². The van der Waals surface area contributed by atoms with Gasteiger partial charge in [-0.05, 0) is 18.9 Å². The van der Waals surface area contributed by atoms with Gasteiger partial charge in [-0.15, -0.1) is 5.10 Å². The van der Waals surface area contributed by atoms with Crippen LogP contribution in [0.4, 0.5) is 5.13 Å². The first kappa shape index (κ1) is 21.1. The number of carbonyl (C=O) groups excluding carboxylic acids is 1. The van der Waals surface area contributed by atoms with Crippen molar-refractivity contribution in [3.8, 4) is 11.5 Å². The second-order valence-electron chi connectivity index (χ2n) is 7.29. The number of fused-ring (bicyclic) bond motifs is 1. The molecular weight excluding hydrogens is 418 g/mol. The van der Waals surface area contributed by atoms with Crippen LogP contribution in [-0.2, 0) is 6.54 Å². The molecule has 4 rings (SSSR count). The Hall–Kier alpha value is -3.14. The van der Waals surface area contributed by atoms with Gasteiger partial charge in [-0.1, -0.05) is 36.3 Å². The van der Waals surface area contributed by atoms with Crippen molar-refractivity contribution in [3.05, 3.63) is 45.9 Å². The Balaban J connectivity index is 1.55. The standard InChI is InChI=1S/C21H25N5O4S/c1-29-16-9-7-8-14(17(16)30-2)12-22-18(27)15-13-23-20-26(19(15)28)24-21(31-20)25-10-5-3-4-6-11-25/h7-9,13H,3-6,10-12H2,1-2H3,(H,22,27). The predicted molar refractivity (Wildman–Crippen MR) is 119 cm³/mol. The van der Waals surface area contributed by atoms with Gasteiger partial charge in [-0.3, -0.25) is 9.59 Å². The van der Waals surface area contributed by atoms with E-state index in [1.807, 2.05) is 12.1 Å². The van der Waals surface area contributed by atoms with Gasteiger partial charge in [0.05, 0.1) is 14.2 Å². The van der Waals surface area contributed by atoms with Crippen LogP contribution in [-0.4, -0.2) is 47.8 Å². The van der Waals surface area contributed by atoms with Crippen molar-refractivity contribution in [2.24, 2.45) is 0 Å². The normalized spacial score (nSPS) is 14.3. The van der Waals surface area contributed by atoms with E-state index < -0.39 is 11.5 Å². The van der Waals surface area contributed by atoms with Crippen molar-refractivity contribution in [1.82, 2.24) is 19.9 Å². The lowest BCUT2D eigenvalue weighted by Crippen LogP contribution is -2.31. The third-order valence-electron chi connectivity index (χ3n) is 5.32. The molecule has 164 valence electrons. The summed E-state index contributed by atoms with van der Waals surface area (Å²) in [6, 6.07) is 5.41. The maximum absolute atomic E-state index is 12.9. The topological polar surface area (TPSA) is 98.1 Å². The molecule has 0 spiro atoms. The summed E-state index contributed by atoms with van der Waals surface area (Å²) in [5, 5.41) is 7.99. The number of para-hydroxylation sites is 1. The van der Waals surface area contributed by atoms with Crippen LogP contribution in [0.2, 0.25) is 0 Å². The number of hydrogen-bond acceptors (Lipinski definition) is 8. The highest BCUT2D eigenvalue weighted by Gasteiger charge is 2.20. The van der Waals surface area contributed by atoms with Gasteiger partial charge in [0.25, 0.3) is 11.5 Å². The number of hydrogen-bond donors (Lipinski definition) is 1. The summed E-state index contributed by atoms with van der Waals surface area (Å²) in [5.41, 5.74) is 0.214. The van der Waals surface area contributed by atoms with E-state index in [1.54, 1.807) is 13.2 Å². The van der Waals surface area contributed by atoms with Crippen LogP contribution in [0.25, 0.3) is 4.96 Å². The van der Waals surface area contributed by atoms with E-state index in [9.17, 15) is 9.59 Å². The Morgan fingerprint density at radius 3 is 2.65 bits per heavy atom. The molecule has 0 aliphatic carbocycles. The van der Waals surface area contributed by atoms with E-state index in [4.69, 9.17) is 9.47 Å². The van der Waals surface area contributed by atoms with E-state index in [2.05, 4.69) is 20.3 Å². The number of nitrogens with one attached hydrogen (secondary N) is 1. The van der Waals surface area contributed by atoms with Crippen LogP contribution in [0.3, 0.4) is 0 Å². The van der Waals surface area contributed by atoms with Crippen LogP contribution >= 0.6 is 11.3 Å². The molecule has 3 aromatic rings.